The SMILES string of the molecule is COC(=O)c1[nH]c2ccccc2c1NC(=O)CN1CCCC[C@H]1C. The molecule has 6 nitrogen and oxygen atoms in total. The van der Waals surface area contributed by atoms with E-state index in [2.05, 4.69) is 22.1 Å². The molecule has 2 N–H and O–H groups in total. The number of fused-ring (bicyclic) bond motifs is 1. The zero-order chi connectivity index (χ0) is 17.1. The van der Waals surface area contributed by atoms with Crippen LogP contribution in [0.4, 0.5) is 5.69 Å². The Labute approximate surface area is 141 Å². The van der Waals surface area contributed by atoms with Crippen LogP contribution in [-0.2, 0) is 9.53 Å². The number of amides is 1. The number of methoxy groups -OCH3 is 1. The number of carbonyl (C=O) groups is 2. The number of benzene rings is 1. The highest BCUT2D eigenvalue weighted by molar-refractivity contribution is 6.11. The number of para-hydroxylation sites is 1. The third-order valence-electron chi connectivity index (χ3n) is 4.65. The zero-order valence-electron chi connectivity index (χ0n) is 14.1. The molecule has 0 aliphatic carbocycles. The maximum absolute atomic E-state index is 12.5. The summed E-state index contributed by atoms with van der Waals surface area (Å²) in [6, 6.07) is 7.90. The van der Waals surface area contributed by atoms with Crippen molar-refractivity contribution >= 4 is 28.5 Å². The van der Waals surface area contributed by atoms with Gasteiger partial charge in [-0.2, -0.15) is 0 Å². The molecule has 1 fully saturated rings. The zero-order valence-corrected chi connectivity index (χ0v) is 14.1. The first kappa shape index (κ1) is 16.5. The van der Waals surface area contributed by atoms with Gasteiger partial charge in [-0.25, -0.2) is 4.79 Å². The minimum absolute atomic E-state index is 0.112. The van der Waals surface area contributed by atoms with E-state index < -0.39 is 5.97 Å². The molecule has 3 rings (SSSR count). The quantitative estimate of drug-likeness (QED) is 0.846. The first-order valence-electron chi connectivity index (χ1n) is 8.33. The van der Waals surface area contributed by atoms with Gasteiger partial charge in [0.2, 0.25) is 5.91 Å². The number of hydrogen-bond acceptors (Lipinski definition) is 4. The van der Waals surface area contributed by atoms with E-state index in [0.717, 1.165) is 30.3 Å². The van der Waals surface area contributed by atoms with Gasteiger partial charge in [0.1, 0.15) is 5.69 Å². The molecule has 2 aromatic rings. The summed E-state index contributed by atoms with van der Waals surface area (Å²) in [6.45, 7) is 3.42. The first-order valence-corrected chi connectivity index (χ1v) is 8.33. The van der Waals surface area contributed by atoms with Crippen LogP contribution in [0.25, 0.3) is 10.9 Å². The summed E-state index contributed by atoms with van der Waals surface area (Å²) in [5.41, 5.74) is 1.56. The van der Waals surface area contributed by atoms with Crippen LogP contribution < -0.4 is 5.32 Å². The Kier molecular flexibility index (Phi) is 4.85. The standard InChI is InChI=1S/C18H23N3O3/c1-12-7-5-6-10-21(12)11-15(22)20-16-13-8-3-4-9-14(13)19-17(16)18(23)24-2/h3-4,8-9,12,19H,5-7,10-11H2,1-2H3,(H,20,22)/t12-/m1/s1. The van der Waals surface area contributed by atoms with Gasteiger partial charge in [-0.3, -0.25) is 9.69 Å². The molecule has 1 aliphatic heterocycles. The summed E-state index contributed by atoms with van der Waals surface area (Å²) in [5, 5.41) is 3.71. The number of esters is 1. The summed E-state index contributed by atoms with van der Waals surface area (Å²) in [5.74, 6) is -0.605. The van der Waals surface area contributed by atoms with Crippen molar-refractivity contribution in [2.75, 3.05) is 25.5 Å². The summed E-state index contributed by atoms with van der Waals surface area (Å²) in [4.78, 5) is 29.7. The normalized spacial score (nSPS) is 18.5. The number of aromatic amines is 1. The number of anilines is 1. The van der Waals surface area contributed by atoms with Crippen LogP contribution in [0.3, 0.4) is 0 Å². The Morgan fingerprint density at radius 3 is 2.88 bits per heavy atom. The Morgan fingerprint density at radius 2 is 2.12 bits per heavy atom. The third kappa shape index (κ3) is 3.28. The summed E-state index contributed by atoms with van der Waals surface area (Å²) in [6.07, 6.45) is 3.46. The highest BCUT2D eigenvalue weighted by atomic mass is 16.5. The minimum Gasteiger partial charge on any atom is -0.464 e. The van der Waals surface area contributed by atoms with E-state index in [1.54, 1.807) is 0 Å². The molecule has 0 unspecified atom stereocenters. The largest absolute Gasteiger partial charge is 0.464 e. The lowest BCUT2D eigenvalue weighted by molar-refractivity contribution is -0.118. The molecule has 1 aromatic carbocycles. The number of hydrogen-bond donors (Lipinski definition) is 2. The molecule has 128 valence electrons. The monoisotopic (exact) mass is 329 g/mol. The number of aromatic nitrogens is 1. The third-order valence-corrected chi connectivity index (χ3v) is 4.65. The fraction of sp³-hybridized carbons (Fsp3) is 0.444. The van der Waals surface area contributed by atoms with E-state index in [1.807, 2.05) is 24.3 Å². The molecule has 0 radical (unpaired) electrons. The maximum Gasteiger partial charge on any atom is 0.356 e. The Bertz CT molecular complexity index is 753. The molecular formula is C18H23N3O3. The molecule has 0 bridgehead atoms. The molecular weight excluding hydrogens is 306 g/mol. The van der Waals surface area contributed by atoms with Gasteiger partial charge in [0.15, 0.2) is 0 Å². The van der Waals surface area contributed by atoms with Crippen molar-refractivity contribution < 1.29 is 14.3 Å². The maximum atomic E-state index is 12.5. The van der Waals surface area contributed by atoms with Gasteiger partial charge in [0.05, 0.1) is 19.3 Å². The van der Waals surface area contributed by atoms with Crippen molar-refractivity contribution in [3.8, 4) is 0 Å². The molecule has 1 amide bonds. The molecule has 0 saturated carbocycles. The van der Waals surface area contributed by atoms with Gasteiger partial charge >= 0.3 is 5.97 Å². The highest BCUT2D eigenvalue weighted by Crippen LogP contribution is 2.28. The van der Waals surface area contributed by atoms with Crippen molar-refractivity contribution in [1.82, 2.24) is 9.88 Å². The van der Waals surface area contributed by atoms with Crippen molar-refractivity contribution in [2.24, 2.45) is 0 Å². The second-order valence-corrected chi connectivity index (χ2v) is 6.28. The molecule has 6 heteroatoms. The number of piperidine rings is 1. The predicted molar refractivity (Wildman–Crippen MR) is 93.2 cm³/mol. The van der Waals surface area contributed by atoms with Crippen molar-refractivity contribution in [3.05, 3.63) is 30.0 Å². The lowest BCUT2D eigenvalue weighted by Gasteiger charge is -2.32. The van der Waals surface area contributed by atoms with Crippen LogP contribution in [0.5, 0.6) is 0 Å². The van der Waals surface area contributed by atoms with Gasteiger partial charge in [0, 0.05) is 16.9 Å². The Balaban J connectivity index is 1.83. The van der Waals surface area contributed by atoms with E-state index >= 15 is 0 Å². The summed E-state index contributed by atoms with van der Waals surface area (Å²) >= 11 is 0. The lowest BCUT2D eigenvalue weighted by Crippen LogP contribution is -2.42. The number of carbonyl (C=O) groups excluding carboxylic acids is 2. The second-order valence-electron chi connectivity index (χ2n) is 6.28. The van der Waals surface area contributed by atoms with E-state index in [9.17, 15) is 9.59 Å². The summed E-state index contributed by atoms with van der Waals surface area (Å²) in [7, 11) is 1.33. The number of nitrogens with one attached hydrogen (secondary N) is 2. The molecule has 1 aromatic heterocycles. The fourth-order valence-electron chi connectivity index (χ4n) is 3.28. The van der Waals surface area contributed by atoms with Gasteiger partial charge in [0.25, 0.3) is 0 Å². The molecule has 1 aliphatic rings. The molecule has 24 heavy (non-hydrogen) atoms. The van der Waals surface area contributed by atoms with Crippen molar-refractivity contribution in [2.45, 2.75) is 32.2 Å². The summed E-state index contributed by atoms with van der Waals surface area (Å²) < 4.78 is 4.82. The topological polar surface area (TPSA) is 74.4 Å². The first-order chi connectivity index (χ1) is 11.6. The van der Waals surface area contributed by atoms with Crippen LogP contribution in [-0.4, -0.2) is 48.0 Å². The van der Waals surface area contributed by atoms with Gasteiger partial charge < -0.3 is 15.0 Å². The number of nitrogens with zero attached hydrogens (tertiary/aromatic N) is 1. The average molecular weight is 329 g/mol. The number of rotatable bonds is 4. The number of H-pyrrole nitrogens is 1. The molecule has 1 saturated heterocycles. The average Bonchev–Trinajstić information content (AvgIpc) is 2.95. The fourth-order valence-corrected chi connectivity index (χ4v) is 3.28. The second kappa shape index (κ2) is 7.05. The number of ether oxygens (including phenoxy) is 1. The number of likely N-dealkylation sites (tertiary alicyclic amines) is 1. The van der Waals surface area contributed by atoms with Crippen LogP contribution in [0.1, 0.15) is 36.7 Å². The van der Waals surface area contributed by atoms with Crippen LogP contribution in [0, 0.1) is 0 Å². The Morgan fingerprint density at radius 1 is 1.33 bits per heavy atom. The van der Waals surface area contributed by atoms with E-state index in [-0.39, 0.29) is 11.6 Å². The minimum atomic E-state index is -0.493. The van der Waals surface area contributed by atoms with E-state index in [1.165, 1.54) is 13.5 Å². The molecule has 1 atom stereocenters. The Hall–Kier alpha value is -2.34. The van der Waals surface area contributed by atoms with Gasteiger partial charge in [-0.1, -0.05) is 24.6 Å². The predicted octanol–water partition coefficient (Wildman–Crippen LogP) is 2.77. The van der Waals surface area contributed by atoms with Gasteiger partial charge in [-0.15, -0.1) is 0 Å². The van der Waals surface area contributed by atoms with Crippen LogP contribution >= 0.6 is 0 Å². The molecule has 2 heterocycles. The smallest absolute Gasteiger partial charge is 0.356 e. The van der Waals surface area contributed by atoms with Crippen LogP contribution in [0.2, 0.25) is 0 Å². The highest BCUT2D eigenvalue weighted by Gasteiger charge is 2.23. The van der Waals surface area contributed by atoms with Gasteiger partial charge in [-0.05, 0) is 32.4 Å². The van der Waals surface area contributed by atoms with E-state index in [4.69, 9.17) is 4.74 Å². The lowest BCUT2D eigenvalue weighted by atomic mass is 10.0. The molecule has 0 spiro atoms. The van der Waals surface area contributed by atoms with Crippen molar-refractivity contribution in [1.29, 1.82) is 0 Å². The van der Waals surface area contributed by atoms with Crippen LogP contribution in [0.15, 0.2) is 24.3 Å². The van der Waals surface area contributed by atoms with E-state index in [0.29, 0.717) is 18.3 Å². The van der Waals surface area contributed by atoms with Crippen molar-refractivity contribution in [3.63, 3.8) is 0 Å².